The third-order valence-electron chi connectivity index (χ3n) is 5.26. The van der Waals surface area contributed by atoms with Crippen LogP contribution in [0.5, 0.6) is 0 Å². The van der Waals surface area contributed by atoms with E-state index in [9.17, 15) is 14.4 Å². The van der Waals surface area contributed by atoms with Crippen molar-refractivity contribution in [3.8, 4) is 11.1 Å². The van der Waals surface area contributed by atoms with Crippen LogP contribution in [-0.2, 0) is 20.9 Å². The number of rotatable bonds is 10. The number of esters is 1. The lowest BCUT2D eigenvalue weighted by Crippen LogP contribution is -2.36. The van der Waals surface area contributed by atoms with E-state index >= 15 is 0 Å². The van der Waals surface area contributed by atoms with Gasteiger partial charge in [-0.15, -0.1) is 0 Å². The van der Waals surface area contributed by atoms with Crippen LogP contribution in [0.1, 0.15) is 28.8 Å². The van der Waals surface area contributed by atoms with Crippen LogP contribution in [0.3, 0.4) is 0 Å². The Bertz CT molecular complexity index is 1150. The van der Waals surface area contributed by atoms with Gasteiger partial charge in [0.15, 0.2) is 0 Å². The predicted molar refractivity (Wildman–Crippen MR) is 134 cm³/mol. The average Bonchev–Trinajstić information content (AvgIpc) is 2.90. The molecule has 0 radical (unpaired) electrons. The zero-order chi connectivity index (χ0) is 25.0. The number of hydrogen-bond donors (Lipinski definition) is 3. The van der Waals surface area contributed by atoms with Gasteiger partial charge in [0.25, 0.3) is 0 Å². The van der Waals surface area contributed by atoms with Gasteiger partial charge in [0.1, 0.15) is 6.61 Å². The van der Waals surface area contributed by atoms with Crippen molar-refractivity contribution >= 4 is 23.7 Å². The Morgan fingerprint density at radius 1 is 0.914 bits per heavy atom. The second-order valence-electron chi connectivity index (χ2n) is 7.88. The van der Waals surface area contributed by atoms with Gasteiger partial charge in [0, 0.05) is 12.2 Å². The van der Waals surface area contributed by atoms with Gasteiger partial charge in [-0.25, -0.2) is 9.59 Å². The van der Waals surface area contributed by atoms with Crippen LogP contribution in [0.2, 0.25) is 0 Å². The van der Waals surface area contributed by atoms with Gasteiger partial charge in [-0.05, 0) is 53.8 Å². The van der Waals surface area contributed by atoms with Gasteiger partial charge in [-0.1, -0.05) is 54.6 Å². The molecule has 8 nitrogen and oxygen atoms in total. The van der Waals surface area contributed by atoms with Crippen LogP contribution in [0.15, 0.2) is 78.9 Å². The number of ether oxygens (including phenoxy) is 2. The number of anilines is 1. The van der Waals surface area contributed by atoms with Gasteiger partial charge in [0.2, 0.25) is 5.91 Å². The third-order valence-corrected chi connectivity index (χ3v) is 5.26. The zero-order valence-electron chi connectivity index (χ0n) is 19.5. The highest BCUT2D eigenvalue weighted by Gasteiger charge is 2.14. The lowest BCUT2D eigenvalue weighted by Gasteiger charge is -2.13. The van der Waals surface area contributed by atoms with Crippen molar-refractivity contribution < 1.29 is 23.9 Å². The van der Waals surface area contributed by atoms with Crippen LogP contribution >= 0.6 is 0 Å². The number of carbonyl (C=O) groups is 3. The molecule has 0 spiro atoms. The number of amides is 2. The molecule has 0 aliphatic carbocycles. The smallest absolute Gasteiger partial charge is 0.407 e. The first-order chi connectivity index (χ1) is 17.0. The van der Waals surface area contributed by atoms with E-state index in [0.29, 0.717) is 30.6 Å². The Labute approximate surface area is 204 Å². The summed E-state index contributed by atoms with van der Waals surface area (Å²) in [5.41, 5.74) is 9.62. The average molecular weight is 476 g/mol. The topological polar surface area (TPSA) is 120 Å². The number of carbonyl (C=O) groups excluding carboxylic acids is 3. The maximum Gasteiger partial charge on any atom is 0.407 e. The zero-order valence-corrected chi connectivity index (χ0v) is 19.5. The second-order valence-corrected chi connectivity index (χ2v) is 7.88. The van der Waals surface area contributed by atoms with Crippen molar-refractivity contribution in [2.75, 3.05) is 19.0 Å². The maximum absolute atomic E-state index is 12.5. The second kappa shape index (κ2) is 12.9. The molecule has 2 amide bonds. The molecular formula is C27H29N3O5. The van der Waals surface area contributed by atoms with Gasteiger partial charge in [-0.3, -0.25) is 4.79 Å². The van der Waals surface area contributed by atoms with Crippen LogP contribution < -0.4 is 16.4 Å². The fraction of sp³-hybridized carbons (Fsp3) is 0.222. The van der Waals surface area contributed by atoms with Gasteiger partial charge >= 0.3 is 12.1 Å². The summed E-state index contributed by atoms with van der Waals surface area (Å²) in [7, 11) is 1.34. The largest absolute Gasteiger partial charge is 0.465 e. The van der Waals surface area contributed by atoms with E-state index in [4.69, 9.17) is 15.2 Å². The molecule has 35 heavy (non-hydrogen) atoms. The van der Waals surface area contributed by atoms with E-state index < -0.39 is 18.1 Å². The summed E-state index contributed by atoms with van der Waals surface area (Å²) < 4.78 is 9.92. The molecule has 0 bridgehead atoms. The summed E-state index contributed by atoms with van der Waals surface area (Å²) in [5, 5.41) is 5.48. The number of nitrogens with two attached hydrogens (primary N) is 1. The first kappa shape index (κ1) is 25.5. The normalized spacial score (nSPS) is 11.3. The molecule has 0 fully saturated rings. The standard InChI is InChI=1S/C27H29N3O5/c1-34-26(32)22-12-5-10-20(16-22)21-11-6-13-23(17-21)30-25(31)24(28)14-7-15-29-27(33)35-18-19-8-3-2-4-9-19/h2-6,8-13,16-17,24H,7,14-15,18,28H2,1H3,(H,29,33)(H,30,31)/t24-/m0/s1. The monoisotopic (exact) mass is 475 g/mol. The summed E-state index contributed by atoms with van der Waals surface area (Å²) in [6, 6.07) is 23.0. The molecule has 3 aromatic rings. The third kappa shape index (κ3) is 7.97. The fourth-order valence-electron chi connectivity index (χ4n) is 3.37. The summed E-state index contributed by atoms with van der Waals surface area (Å²) >= 11 is 0. The van der Waals surface area contributed by atoms with Crippen LogP contribution in [-0.4, -0.2) is 37.7 Å². The predicted octanol–water partition coefficient (Wildman–Crippen LogP) is 4.11. The molecule has 3 aromatic carbocycles. The van der Waals surface area contributed by atoms with Crippen molar-refractivity contribution in [1.29, 1.82) is 0 Å². The highest BCUT2D eigenvalue weighted by atomic mass is 16.5. The lowest BCUT2D eigenvalue weighted by atomic mass is 10.0. The first-order valence-corrected chi connectivity index (χ1v) is 11.3. The number of benzene rings is 3. The summed E-state index contributed by atoms with van der Waals surface area (Å²) in [6.45, 7) is 0.543. The minimum Gasteiger partial charge on any atom is -0.465 e. The molecule has 0 unspecified atom stereocenters. The van der Waals surface area contributed by atoms with E-state index in [-0.39, 0.29) is 12.5 Å². The Morgan fingerprint density at radius 2 is 1.63 bits per heavy atom. The van der Waals surface area contributed by atoms with Crippen molar-refractivity contribution in [3.63, 3.8) is 0 Å². The Kier molecular flexibility index (Phi) is 9.39. The van der Waals surface area contributed by atoms with Gasteiger partial charge in [-0.2, -0.15) is 0 Å². The van der Waals surface area contributed by atoms with Crippen molar-refractivity contribution in [2.24, 2.45) is 5.73 Å². The van der Waals surface area contributed by atoms with Crippen LogP contribution in [0, 0.1) is 0 Å². The molecule has 0 heterocycles. The van der Waals surface area contributed by atoms with Crippen LogP contribution in [0.25, 0.3) is 11.1 Å². The fourth-order valence-corrected chi connectivity index (χ4v) is 3.37. The highest BCUT2D eigenvalue weighted by Crippen LogP contribution is 2.24. The first-order valence-electron chi connectivity index (χ1n) is 11.3. The summed E-state index contributed by atoms with van der Waals surface area (Å²) in [6.07, 6.45) is 0.404. The van der Waals surface area contributed by atoms with Gasteiger partial charge in [0.05, 0.1) is 18.7 Å². The van der Waals surface area contributed by atoms with E-state index in [0.717, 1.165) is 16.7 Å². The van der Waals surface area contributed by atoms with Crippen LogP contribution in [0.4, 0.5) is 10.5 Å². The molecule has 0 saturated heterocycles. The van der Waals surface area contributed by atoms with Crippen molar-refractivity contribution in [3.05, 3.63) is 90.0 Å². The molecule has 1 atom stereocenters. The SMILES string of the molecule is COC(=O)c1cccc(-c2cccc(NC(=O)[C@@H](N)CCCNC(=O)OCc3ccccc3)c2)c1. The minimum absolute atomic E-state index is 0.195. The quantitative estimate of drug-likeness (QED) is 0.300. The minimum atomic E-state index is -0.733. The highest BCUT2D eigenvalue weighted by molar-refractivity contribution is 5.95. The lowest BCUT2D eigenvalue weighted by molar-refractivity contribution is -0.117. The Hall–Kier alpha value is -4.17. The van der Waals surface area contributed by atoms with E-state index in [1.165, 1.54) is 7.11 Å². The Morgan fingerprint density at radius 3 is 2.37 bits per heavy atom. The number of methoxy groups -OCH3 is 1. The molecule has 4 N–H and O–H groups in total. The number of alkyl carbamates (subject to hydrolysis) is 1. The number of nitrogens with one attached hydrogen (secondary N) is 2. The Balaban J connectivity index is 1.44. The molecular weight excluding hydrogens is 446 g/mol. The molecule has 0 aliphatic rings. The summed E-state index contributed by atoms with van der Waals surface area (Å²) in [4.78, 5) is 36.1. The van der Waals surface area contributed by atoms with Gasteiger partial charge < -0.3 is 25.8 Å². The molecule has 0 aromatic heterocycles. The summed E-state index contributed by atoms with van der Waals surface area (Å²) in [5.74, 6) is -0.738. The van der Waals surface area contributed by atoms with Crippen molar-refractivity contribution in [1.82, 2.24) is 5.32 Å². The molecule has 182 valence electrons. The maximum atomic E-state index is 12.5. The molecule has 3 rings (SSSR count). The van der Waals surface area contributed by atoms with Crippen molar-refractivity contribution in [2.45, 2.75) is 25.5 Å². The number of hydrogen-bond acceptors (Lipinski definition) is 6. The van der Waals surface area contributed by atoms with E-state index in [1.54, 1.807) is 24.3 Å². The molecule has 0 saturated carbocycles. The molecule has 0 aliphatic heterocycles. The van der Waals surface area contributed by atoms with E-state index in [2.05, 4.69) is 10.6 Å². The molecule has 8 heteroatoms. The van der Waals surface area contributed by atoms with E-state index in [1.807, 2.05) is 54.6 Å².